The van der Waals surface area contributed by atoms with Gasteiger partial charge in [0.1, 0.15) is 24.1 Å². The number of benzene rings is 3. The standard InChI is InChI=1S/C32H41N3O6S/c1-7-27(31(37)33-32(2,3)4)34(21-20-24-14-10-8-11-15-24)30(36)23-35(42(38,39)26-16-12-9-13-17-26)28-22-25(40-5)18-19-29(28)41-6/h8-19,22,27H,7,20-21,23H2,1-6H3,(H,33,37). The van der Waals surface area contributed by atoms with Crippen molar-refractivity contribution in [2.24, 2.45) is 0 Å². The SMILES string of the molecule is CCC(C(=O)NC(C)(C)C)N(CCc1ccccc1)C(=O)CN(c1cc(OC)ccc1OC)S(=O)(=O)c1ccccc1. The summed E-state index contributed by atoms with van der Waals surface area (Å²) in [6, 6.07) is 21.5. The molecule has 42 heavy (non-hydrogen) atoms. The highest BCUT2D eigenvalue weighted by Crippen LogP contribution is 2.36. The molecule has 226 valence electrons. The minimum atomic E-state index is -4.24. The third-order valence-electron chi connectivity index (χ3n) is 6.63. The van der Waals surface area contributed by atoms with Gasteiger partial charge in [-0.1, -0.05) is 55.5 Å². The molecule has 2 amide bonds. The Morgan fingerprint density at radius 2 is 1.52 bits per heavy atom. The van der Waals surface area contributed by atoms with Crippen molar-refractivity contribution in [3.8, 4) is 11.5 Å². The quantitative estimate of drug-likeness (QED) is 0.308. The molecule has 0 bridgehead atoms. The van der Waals surface area contributed by atoms with Crippen LogP contribution in [0.3, 0.4) is 0 Å². The van der Waals surface area contributed by atoms with Crippen molar-refractivity contribution in [1.82, 2.24) is 10.2 Å². The first-order valence-corrected chi connectivity index (χ1v) is 15.3. The molecule has 3 aromatic rings. The van der Waals surface area contributed by atoms with Crippen LogP contribution in [0.4, 0.5) is 5.69 Å². The fourth-order valence-electron chi connectivity index (χ4n) is 4.57. The smallest absolute Gasteiger partial charge is 0.264 e. The van der Waals surface area contributed by atoms with E-state index >= 15 is 0 Å². The molecule has 3 aromatic carbocycles. The Labute approximate surface area is 249 Å². The van der Waals surface area contributed by atoms with Gasteiger partial charge in [-0.2, -0.15) is 0 Å². The Hall–Kier alpha value is -4.05. The van der Waals surface area contributed by atoms with Crippen LogP contribution in [0.1, 0.15) is 39.7 Å². The summed E-state index contributed by atoms with van der Waals surface area (Å²) in [6.07, 6.45) is 0.830. The van der Waals surface area contributed by atoms with E-state index in [2.05, 4.69) is 5.32 Å². The van der Waals surface area contributed by atoms with Crippen LogP contribution in [0.15, 0.2) is 83.8 Å². The van der Waals surface area contributed by atoms with Crippen LogP contribution in [0.5, 0.6) is 11.5 Å². The summed E-state index contributed by atoms with van der Waals surface area (Å²) in [5, 5.41) is 2.98. The molecule has 9 nitrogen and oxygen atoms in total. The topological polar surface area (TPSA) is 105 Å². The monoisotopic (exact) mass is 595 g/mol. The van der Waals surface area contributed by atoms with Crippen molar-refractivity contribution < 1.29 is 27.5 Å². The van der Waals surface area contributed by atoms with E-state index in [4.69, 9.17) is 9.47 Å². The molecule has 0 fully saturated rings. The molecule has 10 heteroatoms. The summed E-state index contributed by atoms with van der Waals surface area (Å²) in [5.74, 6) is -0.186. The summed E-state index contributed by atoms with van der Waals surface area (Å²) in [5.41, 5.74) is 0.615. The molecule has 0 aliphatic rings. The van der Waals surface area contributed by atoms with Gasteiger partial charge in [0, 0.05) is 18.2 Å². The highest BCUT2D eigenvalue weighted by Gasteiger charge is 2.35. The van der Waals surface area contributed by atoms with Crippen LogP contribution in [0, 0.1) is 0 Å². The molecular weight excluding hydrogens is 554 g/mol. The maximum absolute atomic E-state index is 14.2. The lowest BCUT2D eigenvalue weighted by Crippen LogP contribution is -2.56. The third kappa shape index (κ3) is 8.25. The van der Waals surface area contributed by atoms with Crippen molar-refractivity contribution in [2.75, 3.05) is 31.6 Å². The zero-order valence-corrected chi connectivity index (χ0v) is 26.0. The maximum atomic E-state index is 14.2. The lowest BCUT2D eigenvalue weighted by molar-refractivity contribution is -0.140. The number of amides is 2. The number of carbonyl (C=O) groups is 2. The zero-order valence-electron chi connectivity index (χ0n) is 25.2. The van der Waals surface area contributed by atoms with Gasteiger partial charge in [-0.05, 0) is 63.4 Å². The van der Waals surface area contributed by atoms with Crippen LogP contribution >= 0.6 is 0 Å². The van der Waals surface area contributed by atoms with E-state index in [0.29, 0.717) is 18.6 Å². The van der Waals surface area contributed by atoms with Gasteiger partial charge in [0.05, 0.1) is 24.8 Å². The molecule has 0 aromatic heterocycles. The summed E-state index contributed by atoms with van der Waals surface area (Å²) >= 11 is 0. The number of rotatable bonds is 13. The summed E-state index contributed by atoms with van der Waals surface area (Å²) < 4.78 is 40.1. The minimum absolute atomic E-state index is 0.0102. The number of nitrogens with one attached hydrogen (secondary N) is 1. The first-order valence-electron chi connectivity index (χ1n) is 13.9. The fraction of sp³-hybridized carbons (Fsp3) is 0.375. The highest BCUT2D eigenvalue weighted by molar-refractivity contribution is 7.92. The van der Waals surface area contributed by atoms with E-state index in [1.807, 2.05) is 58.0 Å². The fourth-order valence-corrected chi connectivity index (χ4v) is 6.01. The number of methoxy groups -OCH3 is 2. The number of hydrogen-bond donors (Lipinski definition) is 1. The average molecular weight is 596 g/mol. The van der Waals surface area contributed by atoms with Gasteiger partial charge in [-0.25, -0.2) is 8.42 Å². The third-order valence-corrected chi connectivity index (χ3v) is 8.41. The molecule has 0 heterocycles. The summed E-state index contributed by atoms with van der Waals surface area (Å²) in [6.45, 7) is 7.10. The van der Waals surface area contributed by atoms with Crippen LogP contribution in [0.25, 0.3) is 0 Å². The van der Waals surface area contributed by atoms with Crippen LogP contribution < -0.4 is 19.1 Å². The number of anilines is 1. The molecule has 0 saturated carbocycles. The predicted molar refractivity (Wildman–Crippen MR) is 164 cm³/mol. The number of nitrogens with zero attached hydrogens (tertiary/aromatic N) is 2. The van der Waals surface area contributed by atoms with E-state index in [1.54, 1.807) is 30.3 Å². The van der Waals surface area contributed by atoms with E-state index in [1.165, 1.54) is 37.3 Å². The van der Waals surface area contributed by atoms with E-state index in [-0.39, 0.29) is 28.8 Å². The molecule has 1 N–H and O–H groups in total. The minimum Gasteiger partial charge on any atom is -0.497 e. The normalized spacial score (nSPS) is 12.2. The van der Waals surface area contributed by atoms with Crippen LogP contribution in [0.2, 0.25) is 0 Å². The molecule has 0 saturated heterocycles. The molecule has 3 rings (SSSR count). The van der Waals surface area contributed by atoms with Gasteiger partial charge in [0.15, 0.2) is 0 Å². The Kier molecular flexibility index (Phi) is 11.0. The van der Waals surface area contributed by atoms with Gasteiger partial charge in [0.2, 0.25) is 11.8 Å². The molecular formula is C32H41N3O6S. The zero-order chi connectivity index (χ0) is 30.9. The van der Waals surface area contributed by atoms with Crippen molar-refractivity contribution in [1.29, 1.82) is 0 Å². The lowest BCUT2D eigenvalue weighted by Gasteiger charge is -2.35. The first-order chi connectivity index (χ1) is 19.9. The molecule has 0 aliphatic carbocycles. The number of carbonyl (C=O) groups excluding carboxylic acids is 2. The summed E-state index contributed by atoms with van der Waals surface area (Å²) in [7, 11) is -1.34. The second-order valence-corrected chi connectivity index (χ2v) is 12.7. The van der Waals surface area contributed by atoms with E-state index < -0.39 is 34.1 Å². The van der Waals surface area contributed by atoms with Crippen LogP contribution in [-0.2, 0) is 26.0 Å². The van der Waals surface area contributed by atoms with Crippen LogP contribution in [-0.4, -0.2) is 64.0 Å². The van der Waals surface area contributed by atoms with Gasteiger partial charge >= 0.3 is 0 Å². The summed E-state index contributed by atoms with van der Waals surface area (Å²) in [4.78, 5) is 29.1. The predicted octanol–water partition coefficient (Wildman–Crippen LogP) is 4.66. The Bertz CT molecular complexity index is 1440. The van der Waals surface area contributed by atoms with Gasteiger partial charge in [-0.3, -0.25) is 13.9 Å². The van der Waals surface area contributed by atoms with Gasteiger partial charge in [0.25, 0.3) is 10.0 Å². The highest BCUT2D eigenvalue weighted by atomic mass is 32.2. The Morgan fingerprint density at radius 1 is 0.905 bits per heavy atom. The van der Waals surface area contributed by atoms with E-state index in [0.717, 1.165) is 9.87 Å². The molecule has 0 aliphatic heterocycles. The van der Waals surface area contributed by atoms with Gasteiger partial charge < -0.3 is 19.7 Å². The van der Waals surface area contributed by atoms with Crippen molar-refractivity contribution in [3.63, 3.8) is 0 Å². The molecule has 0 spiro atoms. The first kappa shape index (κ1) is 32.5. The van der Waals surface area contributed by atoms with Crippen molar-refractivity contribution in [2.45, 2.75) is 57.0 Å². The van der Waals surface area contributed by atoms with Crippen molar-refractivity contribution in [3.05, 3.63) is 84.4 Å². The van der Waals surface area contributed by atoms with Crippen molar-refractivity contribution >= 4 is 27.5 Å². The molecule has 1 unspecified atom stereocenters. The Balaban J connectivity index is 2.10. The van der Waals surface area contributed by atoms with Gasteiger partial charge in [-0.15, -0.1) is 0 Å². The second kappa shape index (κ2) is 14.2. The number of sulfonamides is 1. The molecule has 0 radical (unpaired) electrons. The largest absolute Gasteiger partial charge is 0.497 e. The number of ether oxygens (including phenoxy) is 2. The second-order valence-electron chi connectivity index (χ2n) is 10.8. The molecule has 1 atom stereocenters. The lowest BCUT2D eigenvalue weighted by atomic mass is 10.1. The Morgan fingerprint density at radius 3 is 2.07 bits per heavy atom. The van der Waals surface area contributed by atoms with E-state index in [9.17, 15) is 18.0 Å². The average Bonchev–Trinajstić information content (AvgIpc) is 2.97. The number of hydrogen-bond acceptors (Lipinski definition) is 6. The maximum Gasteiger partial charge on any atom is 0.264 e.